The fourth-order valence-electron chi connectivity index (χ4n) is 4.31. The van der Waals surface area contributed by atoms with E-state index < -0.39 is 0 Å². The minimum atomic E-state index is 0.157. The molecule has 1 heterocycles. The van der Waals surface area contributed by atoms with Crippen molar-refractivity contribution in [1.82, 2.24) is 5.32 Å². The van der Waals surface area contributed by atoms with Gasteiger partial charge in [-0.2, -0.15) is 0 Å². The molecule has 2 bridgehead atoms. The second-order valence-corrected chi connectivity index (χ2v) is 6.72. The van der Waals surface area contributed by atoms with Gasteiger partial charge in [0.1, 0.15) is 0 Å². The summed E-state index contributed by atoms with van der Waals surface area (Å²) in [6, 6.07) is 0. The lowest BCUT2D eigenvalue weighted by atomic mass is 9.53. The van der Waals surface area contributed by atoms with Crippen LogP contribution in [0.15, 0.2) is 0 Å². The lowest BCUT2D eigenvalue weighted by Gasteiger charge is -2.56. The maximum Gasteiger partial charge on any atom is 0.0485 e. The fraction of sp³-hybridized carbons (Fsp3) is 1.00. The predicted octanol–water partition coefficient (Wildman–Crippen LogP) is 1.78. The van der Waals surface area contributed by atoms with Crippen LogP contribution in [0, 0.1) is 16.2 Å². The summed E-state index contributed by atoms with van der Waals surface area (Å²) in [5, 5.41) is 13.1. The van der Waals surface area contributed by atoms with E-state index >= 15 is 0 Å². The van der Waals surface area contributed by atoms with E-state index in [9.17, 15) is 5.11 Å². The molecule has 0 aromatic carbocycles. The Labute approximate surface area is 87.1 Å². The summed E-state index contributed by atoms with van der Waals surface area (Å²) in [7, 11) is 0. The van der Waals surface area contributed by atoms with Crippen LogP contribution in [0.2, 0.25) is 0 Å². The molecular weight excluding hydrogens is 174 g/mol. The van der Waals surface area contributed by atoms with Crippen molar-refractivity contribution in [2.24, 2.45) is 16.2 Å². The maximum atomic E-state index is 9.51. The Kier molecular flexibility index (Phi) is 2.20. The van der Waals surface area contributed by atoms with E-state index in [0.717, 1.165) is 13.1 Å². The monoisotopic (exact) mass is 197 g/mol. The summed E-state index contributed by atoms with van der Waals surface area (Å²) in [5.41, 5.74) is 0.968. The largest absolute Gasteiger partial charge is 0.396 e. The predicted molar refractivity (Wildman–Crippen MR) is 58.1 cm³/mol. The summed E-state index contributed by atoms with van der Waals surface area (Å²) in [6.07, 6.45) is 3.65. The number of aliphatic hydroxyl groups is 1. The minimum Gasteiger partial charge on any atom is -0.396 e. The van der Waals surface area contributed by atoms with Crippen LogP contribution in [0.25, 0.3) is 0 Å². The first-order chi connectivity index (χ1) is 6.39. The van der Waals surface area contributed by atoms with Gasteiger partial charge in [0.15, 0.2) is 0 Å². The van der Waals surface area contributed by atoms with Crippen molar-refractivity contribution in [1.29, 1.82) is 0 Å². The van der Waals surface area contributed by atoms with Gasteiger partial charge in [-0.3, -0.25) is 0 Å². The van der Waals surface area contributed by atoms with Gasteiger partial charge in [-0.25, -0.2) is 0 Å². The number of piperidine rings is 1. The fourth-order valence-corrected chi connectivity index (χ4v) is 4.31. The zero-order chi connectivity index (χ0) is 10.4. The summed E-state index contributed by atoms with van der Waals surface area (Å²) in [4.78, 5) is 0. The third-order valence-electron chi connectivity index (χ3n) is 4.05. The van der Waals surface area contributed by atoms with Crippen LogP contribution in [0.5, 0.6) is 0 Å². The van der Waals surface area contributed by atoms with Crippen molar-refractivity contribution in [3.63, 3.8) is 0 Å². The van der Waals surface area contributed by atoms with E-state index in [2.05, 4.69) is 26.1 Å². The maximum absolute atomic E-state index is 9.51. The number of rotatable bonds is 1. The van der Waals surface area contributed by atoms with Crippen LogP contribution in [0.1, 0.15) is 40.0 Å². The van der Waals surface area contributed by atoms with E-state index in [4.69, 9.17) is 0 Å². The molecule has 1 saturated carbocycles. The lowest BCUT2D eigenvalue weighted by Crippen LogP contribution is -2.56. The normalized spacial score (nSPS) is 53.1. The molecule has 1 aliphatic carbocycles. The molecule has 1 aliphatic heterocycles. The van der Waals surface area contributed by atoms with Crippen LogP contribution in [0.3, 0.4) is 0 Å². The van der Waals surface area contributed by atoms with Crippen molar-refractivity contribution in [3.05, 3.63) is 0 Å². The van der Waals surface area contributed by atoms with E-state index in [1.807, 2.05) is 0 Å². The van der Waals surface area contributed by atoms with Crippen LogP contribution in [-0.2, 0) is 0 Å². The van der Waals surface area contributed by atoms with E-state index in [1.165, 1.54) is 19.3 Å². The molecule has 0 aromatic rings. The van der Waals surface area contributed by atoms with Gasteiger partial charge in [-0.1, -0.05) is 20.8 Å². The third kappa shape index (κ3) is 1.70. The van der Waals surface area contributed by atoms with Crippen molar-refractivity contribution in [3.8, 4) is 0 Å². The molecule has 1 unspecified atom stereocenters. The van der Waals surface area contributed by atoms with Gasteiger partial charge in [0, 0.05) is 19.7 Å². The molecule has 2 rings (SSSR count). The Morgan fingerprint density at radius 1 is 1.00 bits per heavy atom. The molecule has 0 radical (unpaired) electrons. The standard InChI is InChI=1S/C12H23NO/c1-10-4-11(2,8-13-7-10)6-12(3,5-10)9-14/h13-14H,4-9H2,1-3H3/t10-,11+,12?. The van der Waals surface area contributed by atoms with Crippen molar-refractivity contribution in [2.45, 2.75) is 40.0 Å². The van der Waals surface area contributed by atoms with E-state index in [0.29, 0.717) is 17.4 Å². The average Bonchev–Trinajstić information content (AvgIpc) is 1.99. The number of hydrogen-bond acceptors (Lipinski definition) is 2. The van der Waals surface area contributed by atoms with Crippen LogP contribution in [0.4, 0.5) is 0 Å². The number of fused-ring (bicyclic) bond motifs is 2. The van der Waals surface area contributed by atoms with Crippen molar-refractivity contribution < 1.29 is 5.11 Å². The highest BCUT2D eigenvalue weighted by atomic mass is 16.3. The second-order valence-electron chi connectivity index (χ2n) is 6.72. The topological polar surface area (TPSA) is 32.3 Å². The quantitative estimate of drug-likeness (QED) is 0.671. The molecule has 0 aromatic heterocycles. The zero-order valence-corrected chi connectivity index (χ0v) is 9.69. The first kappa shape index (κ1) is 10.4. The number of aliphatic hydroxyl groups excluding tert-OH is 1. The van der Waals surface area contributed by atoms with Gasteiger partial charge >= 0.3 is 0 Å². The molecule has 82 valence electrons. The summed E-state index contributed by atoms with van der Waals surface area (Å²) in [6.45, 7) is 9.57. The van der Waals surface area contributed by atoms with Crippen LogP contribution >= 0.6 is 0 Å². The van der Waals surface area contributed by atoms with E-state index in [1.54, 1.807) is 0 Å². The molecule has 0 amide bonds. The average molecular weight is 197 g/mol. The van der Waals surface area contributed by atoms with Gasteiger partial charge in [0.25, 0.3) is 0 Å². The van der Waals surface area contributed by atoms with Gasteiger partial charge in [-0.15, -0.1) is 0 Å². The van der Waals surface area contributed by atoms with Crippen LogP contribution in [-0.4, -0.2) is 24.8 Å². The van der Waals surface area contributed by atoms with Gasteiger partial charge in [0.2, 0.25) is 0 Å². The molecule has 2 fully saturated rings. The molecule has 2 aliphatic rings. The minimum absolute atomic E-state index is 0.157. The number of hydrogen-bond donors (Lipinski definition) is 2. The summed E-state index contributed by atoms with van der Waals surface area (Å²) in [5.74, 6) is 0. The van der Waals surface area contributed by atoms with Gasteiger partial charge < -0.3 is 10.4 Å². The summed E-state index contributed by atoms with van der Waals surface area (Å²) >= 11 is 0. The highest BCUT2D eigenvalue weighted by Crippen LogP contribution is 2.55. The Hall–Kier alpha value is -0.0800. The molecule has 2 nitrogen and oxygen atoms in total. The SMILES string of the molecule is CC1(CO)C[C@]2(C)CNC[C@](C)(C1)C2. The molecular formula is C12H23NO. The van der Waals surface area contributed by atoms with Gasteiger partial charge in [0.05, 0.1) is 0 Å². The first-order valence-electron chi connectivity index (χ1n) is 5.71. The Morgan fingerprint density at radius 3 is 1.93 bits per heavy atom. The van der Waals surface area contributed by atoms with Crippen molar-refractivity contribution in [2.75, 3.05) is 19.7 Å². The highest BCUT2D eigenvalue weighted by Gasteiger charge is 2.50. The Balaban J connectivity index is 2.25. The zero-order valence-electron chi connectivity index (χ0n) is 9.69. The lowest BCUT2D eigenvalue weighted by molar-refractivity contribution is -0.0605. The van der Waals surface area contributed by atoms with Crippen LogP contribution < -0.4 is 5.32 Å². The molecule has 14 heavy (non-hydrogen) atoms. The van der Waals surface area contributed by atoms with Gasteiger partial charge in [-0.05, 0) is 35.5 Å². The van der Waals surface area contributed by atoms with E-state index in [-0.39, 0.29) is 5.41 Å². The first-order valence-corrected chi connectivity index (χ1v) is 5.71. The molecule has 1 saturated heterocycles. The highest BCUT2D eigenvalue weighted by molar-refractivity contribution is 5.03. The summed E-state index contributed by atoms with van der Waals surface area (Å²) < 4.78 is 0. The third-order valence-corrected chi connectivity index (χ3v) is 4.05. The molecule has 0 spiro atoms. The molecule has 2 N–H and O–H groups in total. The Morgan fingerprint density at radius 2 is 1.50 bits per heavy atom. The Bertz CT molecular complexity index is 218. The van der Waals surface area contributed by atoms with Crippen molar-refractivity contribution >= 4 is 0 Å². The second kappa shape index (κ2) is 2.96. The number of nitrogens with one attached hydrogen (secondary N) is 1. The molecule has 3 atom stereocenters. The molecule has 2 heteroatoms. The smallest absolute Gasteiger partial charge is 0.0485 e.